The molecule has 3 aromatic rings. The first-order valence-corrected chi connectivity index (χ1v) is 7.74. The Hall–Kier alpha value is -2.75. The summed E-state index contributed by atoms with van der Waals surface area (Å²) < 4.78 is 11.1. The zero-order chi connectivity index (χ0) is 15.8. The molecule has 0 saturated heterocycles. The van der Waals surface area contributed by atoms with Crippen LogP contribution in [0.4, 0.5) is 0 Å². The molecule has 4 nitrogen and oxygen atoms in total. The Balaban J connectivity index is 1.75. The maximum Gasteiger partial charge on any atom is 0.192 e. The quantitative estimate of drug-likeness (QED) is 0.800. The summed E-state index contributed by atoms with van der Waals surface area (Å²) in [5, 5.41) is 0.686. The van der Waals surface area contributed by atoms with Gasteiger partial charge in [-0.2, -0.15) is 0 Å². The summed E-state index contributed by atoms with van der Waals surface area (Å²) >= 11 is 0. The van der Waals surface area contributed by atoms with E-state index in [0.29, 0.717) is 16.9 Å². The minimum absolute atomic E-state index is 0.127. The smallest absolute Gasteiger partial charge is 0.192 e. The Bertz CT molecular complexity index is 943. The predicted molar refractivity (Wildman–Crippen MR) is 89.7 cm³/mol. The van der Waals surface area contributed by atoms with Crippen molar-refractivity contribution in [3.05, 3.63) is 63.9 Å². The predicted octanol–water partition coefficient (Wildman–Crippen LogP) is 3.82. The van der Waals surface area contributed by atoms with E-state index in [2.05, 4.69) is 4.98 Å². The van der Waals surface area contributed by atoms with Gasteiger partial charge in [0.15, 0.2) is 5.43 Å². The van der Waals surface area contributed by atoms with E-state index in [1.807, 2.05) is 42.5 Å². The van der Waals surface area contributed by atoms with Crippen molar-refractivity contribution in [1.82, 2.24) is 4.98 Å². The summed E-state index contributed by atoms with van der Waals surface area (Å²) in [4.78, 5) is 16.0. The van der Waals surface area contributed by atoms with E-state index in [4.69, 9.17) is 9.47 Å². The van der Waals surface area contributed by atoms with Crippen LogP contribution >= 0.6 is 0 Å². The van der Waals surface area contributed by atoms with Crippen LogP contribution in [-0.4, -0.2) is 12.1 Å². The number of methoxy groups -OCH3 is 1. The van der Waals surface area contributed by atoms with Gasteiger partial charge in [0.1, 0.15) is 17.2 Å². The fourth-order valence-corrected chi connectivity index (χ4v) is 3.14. The maximum absolute atomic E-state index is 12.6. The molecular weight excluding hydrogens is 290 g/mol. The second-order valence-corrected chi connectivity index (χ2v) is 5.75. The van der Waals surface area contributed by atoms with Crippen LogP contribution in [0.15, 0.2) is 47.3 Å². The topological polar surface area (TPSA) is 51.3 Å². The molecule has 0 bridgehead atoms. The Labute approximate surface area is 133 Å². The standard InChI is InChI=1S/C19H17NO3/c1-22-12-4-2-5-13(10-12)23-14-8-9-18-16(11-14)19(21)15-6-3-7-17(15)20-18/h2,4-5,8-11H,3,6-7H2,1H3,(H,20,21). The number of aromatic nitrogens is 1. The molecule has 1 heterocycles. The lowest BCUT2D eigenvalue weighted by atomic mass is 10.1. The van der Waals surface area contributed by atoms with Gasteiger partial charge in [-0.25, -0.2) is 0 Å². The Morgan fingerprint density at radius 2 is 1.83 bits per heavy atom. The molecule has 1 aromatic heterocycles. The SMILES string of the molecule is COc1cccc(Oc2ccc3[nH]c4c(c(=O)c3c2)CCC4)c1. The average Bonchev–Trinajstić information content (AvgIpc) is 3.04. The number of benzene rings is 2. The van der Waals surface area contributed by atoms with Crippen LogP contribution < -0.4 is 14.9 Å². The number of aryl methyl sites for hydroxylation is 1. The number of hydrogen-bond donors (Lipinski definition) is 1. The van der Waals surface area contributed by atoms with E-state index in [-0.39, 0.29) is 5.43 Å². The highest BCUT2D eigenvalue weighted by Crippen LogP contribution is 2.28. The molecule has 116 valence electrons. The van der Waals surface area contributed by atoms with Crippen LogP contribution in [0.25, 0.3) is 10.9 Å². The number of hydrogen-bond acceptors (Lipinski definition) is 3. The maximum atomic E-state index is 12.6. The molecule has 0 atom stereocenters. The number of ether oxygens (including phenoxy) is 2. The molecule has 2 aromatic carbocycles. The summed E-state index contributed by atoms with van der Waals surface area (Å²) in [5.74, 6) is 2.06. The van der Waals surface area contributed by atoms with Gasteiger partial charge in [0.2, 0.25) is 0 Å². The molecule has 4 rings (SSSR count). The van der Waals surface area contributed by atoms with E-state index < -0.39 is 0 Å². The normalized spacial score (nSPS) is 13.1. The second-order valence-electron chi connectivity index (χ2n) is 5.75. The van der Waals surface area contributed by atoms with Crippen molar-refractivity contribution in [2.24, 2.45) is 0 Å². The molecule has 0 unspecified atom stereocenters. The summed E-state index contributed by atoms with van der Waals surface area (Å²) in [6.07, 6.45) is 2.87. The minimum Gasteiger partial charge on any atom is -0.497 e. The molecule has 4 heteroatoms. The lowest BCUT2D eigenvalue weighted by molar-refractivity contribution is 0.409. The first-order chi connectivity index (χ1) is 11.2. The first-order valence-electron chi connectivity index (χ1n) is 7.74. The van der Waals surface area contributed by atoms with Gasteiger partial charge in [-0.3, -0.25) is 4.79 Å². The van der Waals surface area contributed by atoms with Crippen LogP contribution in [0.5, 0.6) is 17.2 Å². The van der Waals surface area contributed by atoms with E-state index >= 15 is 0 Å². The molecule has 0 saturated carbocycles. The van der Waals surface area contributed by atoms with Gasteiger partial charge in [0, 0.05) is 28.2 Å². The van der Waals surface area contributed by atoms with Crippen LogP contribution in [0, 0.1) is 0 Å². The third kappa shape index (κ3) is 2.46. The fourth-order valence-electron chi connectivity index (χ4n) is 3.14. The van der Waals surface area contributed by atoms with E-state index in [1.165, 1.54) is 0 Å². The monoisotopic (exact) mass is 307 g/mol. The Morgan fingerprint density at radius 1 is 1.00 bits per heavy atom. The van der Waals surface area contributed by atoms with Gasteiger partial charge >= 0.3 is 0 Å². The molecule has 0 aliphatic heterocycles. The van der Waals surface area contributed by atoms with Crippen molar-refractivity contribution in [3.8, 4) is 17.2 Å². The average molecular weight is 307 g/mol. The third-order valence-corrected chi connectivity index (χ3v) is 4.29. The number of H-pyrrole nitrogens is 1. The van der Waals surface area contributed by atoms with Crippen molar-refractivity contribution in [2.75, 3.05) is 7.11 Å². The molecule has 0 amide bonds. The number of rotatable bonds is 3. The Kier molecular flexibility index (Phi) is 3.30. The molecule has 1 N–H and O–H groups in total. The summed E-state index contributed by atoms with van der Waals surface area (Å²) in [5.41, 5.74) is 3.01. The van der Waals surface area contributed by atoms with Crippen LogP contribution in [0.2, 0.25) is 0 Å². The lowest BCUT2D eigenvalue weighted by Gasteiger charge is -2.09. The summed E-state index contributed by atoms with van der Waals surface area (Å²) in [6.45, 7) is 0. The number of pyridine rings is 1. The number of aromatic amines is 1. The molecule has 0 fully saturated rings. The van der Waals surface area contributed by atoms with Gasteiger partial charge in [-0.15, -0.1) is 0 Å². The molecular formula is C19H17NO3. The van der Waals surface area contributed by atoms with Crippen molar-refractivity contribution < 1.29 is 9.47 Å². The van der Waals surface area contributed by atoms with E-state index in [1.54, 1.807) is 7.11 Å². The number of nitrogens with one attached hydrogen (secondary N) is 1. The van der Waals surface area contributed by atoms with Crippen molar-refractivity contribution in [3.63, 3.8) is 0 Å². The van der Waals surface area contributed by atoms with Gasteiger partial charge in [-0.05, 0) is 49.6 Å². The van der Waals surface area contributed by atoms with Gasteiger partial charge < -0.3 is 14.5 Å². The van der Waals surface area contributed by atoms with Gasteiger partial charge in [0.25, 0.3) is 0 Å². The first kappa shape index (κ1) is 13.9. The minimum atomic E-state index is 0.127. The largest absolute Gasteiger partial charge is 0.497 e. The summed E-state index contributed by atoms with van der Waals surface area (Å²) in [6, 6.07) is 13.0. The zero-order valence-corrected chi connectivity index (χ0v) is 12.9. The van der Waals surface area contributed by atoms with Crippen LogP contribution in [0.1, 0.15) is 17.7 Å². The number of fused-ring (bicyclic) bond motifs is 2. The molecule has 0 radical (unpaired) electrons. The van der Waals surface area contributed by atoms with Gasteiger partial charge in [-0.1, -0.05) is 6.07 Å². The summed E-state index contributed by atoms with van der Waals surface area (Å²) in [7, 11) is 1.62. The second kappa shape index (κ2) is 5.47. The Morgan fingerprint density at radius 3 is 2.70 bits per heavy atom. The van der Waals surface area contributed by atoms with Crippen molar-refractivity contribution in [1.29, 1.82) is 0 Å². The third-order valence-electron chi connectivity index (χ3n) is 4.29. The van der Waals surface area contributed by atoms with Crippen molar-refractivity contribution >= 4 is 10.9 Å². The highest BCUT2D eigenvalue weighted by Gasteiger charge is 2.17. The fraction of sp³-hybridized carbons (Fsp3) is 0.211. The molecule has 23 heavy (non-hydrogen) atoms. The van der Waals surface area contributed by atoms with Crippen molar-refractivity contribution in [2.45, 2.75) is 19.3 Å². The zero-order valence-electron chi connectivity index (χ0n) is 12.9. The van der Waals surface area contributed by atoms with E-state index in [9.17, 15) is 4.79 Å². The van der Waals surface area contributed by atoms with Crippen LogP contribution in [-0.2, 0) is 12.8 Å². The van der Waals surface area contributed by atoms with Crippen LogP contribution in [0.3, 0.4) is 0 Å². The highest BCUT2D eigenvalue weighted by molar-refractivity contribution is 5.81. The molecule has 1 aliphatic carbocycles. The lowest BCUT2D eigenvalue weighted by Crippen LogP contribution is -2.10. The highest BCUT2D eigenvalue weighted by atomic mass is 16.5. The van der Waals surface area contributed by atoms with E-state index in [0.717, 1.165) is 41.8 Å². The molecule has 0 spiro atoms. The molecule has 1 aliphatic rings. The van der Waals surface area contributed by atoms with Gasteiger partial charge in [0.05, 0.1) is 7.11 Å².